The highest BCUT2D eigenvalue weighted by molar-refractivity contribution is 5.71. The van der Waals surface area contributed by atoms with Crippen molar-refractivity contribution < 1.29 is 19.4 Å². The van der Waals surface area contributed by atoms with Gasteiger partial charge in [0.05, 0.1) is 5.92 Å². The number of ether oxygens (including phenoxy) is 1. The first-order valence-corrected chi connectivity index (χ1v) is 7.33. The maximum atomic E-state index is 11.8. The Morgan fingerprint density at radius 3 is 2.67 bits per heavy atom. The van der Waals surface area contributed by atoms with E-state index in [1.165, 1.54) is 0 Å². The molecular formula is C16H19NO4. The van der Waals surface area contributed by atoms with E-state index in [4.69, 9.17) is 9.84 Å². The van der Waals surface area contributed by atoms with Gasteiger partial charge in [0.2, 0.25) is 0 Å². The molecule has 5 nitrogen and oxygen atoms in total. The van der Waals surface area contributed by atoms with Gasteiger partial charge in [-0.05, 0) is 36.7 Å². The average molecular weight is 289 g/mol. The van der Waals surface area contributed by atoms with Gasteiger partial charge in [-0.1, -0.05) is 30.3 Å². The van der Waals surface area contributed by atoms with E-state index < -0.39 is 12.1 Å². The van der Waals surface area contributed by atoms with E-state index in [0.29, 0.717) is 18.3 Å². The summed E-state index contributed by atoms with van der Waals surface area (Å²) in [5, 5.41) is 12.0. The number of alkyl carbamates (subject to hydrolysis) is 1. The van der Waals surface area contributed by atoms with Crippen molar-refractivity contribution >= 4 is 12.1 Å². The third kappa shape index (κ3) is 3.35. The number of carbonyl (C=O) groups is 2. The van der Waals surface area contributed by atoms with Gasteiger partial charge in [0, 0.05) is 6.04 Å². The van der Waals surface area contributed by atoms with Crippen molar-refractivity contribution in [3.63, 3.8) is 0 Å². The highest BCUT2D eigenvalue weighted by Gasteiger charge is 2.50. The average Bonchev–Trinajstić information content (AvgIpc) is 3.26. The Bertz CT molecular complexity index is 530. The summed E-state index contributed by atoms with van der Waals surface area (Å²) >= 11 is 0. The number of aliphatic carboxylic acids is 1. The van der Waals surface area contributed by atoms with E-state index >= 15 is 0 Å². The van der Waals surface area contributed by atoms with Crippen LogP contribution in [0.15, 0.2) is 30.3 Å². The Kier molecular flexibility index (Phi) is 3.82. The zero-order valence-electron chi connectivity index (χ0n) is 11.7. The fourth-order valence-electron chi connectivity index (χ4n) is 3.26. The van der Waals surface area contributed by atoms with Crippen molar-refractivity contribution in [1.29, 1.82) is 0 Å². The molecule has 0 spiro atoms. The van der Waals surface area contributed by atoms with E-state index in [-0.39, 0.29) is 18.6 Å². The van der Waals surface area contributed by atoms with Crippen molar-refractivity contribution in [2.45, 2.75) is 31.9 Å². The van der Waals surface area contributed by atoms with Gasteiger partial charge in [-0.15, -0.1) is 0 Å². The third-order valence-electron chi connectivity index (χ3n) is 4.49. The third-order valence-corrected chi connectivity index (χ3v) is 4.49. The van der Waals surface area contributed by atoms with Crippen LogP contribution < -0.4 is 5.32 Å². The molecule has 0 radical (unpaired) electrons. The Labute approximate surface area is 123 Å². The molecule has 0 aliphatic heterocycles. The van der Waals surface area contributed by atoms with Crippen LogP contribution in [-0.4, -0.2) is 23.2 Å². The molecule has 0 aromatic heterocycles. The van der Waals surface area contributed by atoms with Gasteiger partial charge >= 0.3 is 12.1 Å². The minimum Gasteiger partial charge on any atom is -0.481 e. The number of hydrogen-bond donors (Lipinski definition) is 2. The van der Waals surface area contributed by atoms with Gasteiger partial charge in [-0.3, -0.25) is 4.79 Å². The fourth-order valence-corrected chi connectivity index (χ4v) is 3.26. The molecule has 0 bridgehead atoms. The van der Waals surface area contributed by atoms with Crippen LogP contribution in [0.3, 0.4) is 0 Å². The summed E-state index contributed by atoms with van der Waals surface area (Å²) in [5.74, 6) is -0.206. The van der Waals surface area contributed by atoms with Crippen molar-refractivity contribution in [2.75, 3.05) is 0 Å². The lowest BCUT2D eigenvalue weighted by Gasteiger charge is -2.26. The zero-order chi connectivity index (χ0) is 14.8. The molecule has 21 heavy (non-hydrogen) atoms. The molecule has 2 fully saturated rings. The first-order valence-electron chi connectivity index (χ1n) is 7.33. The van der Waals surface area contributed by atoms with E-state index in [9.17, 15) is 9.59 Å². The van der Waals surface area contributed by atoms with Gasteiger partial charge in [-0.25, -0.2) is 4.79 Å². The number of nitrogens with one attached hydrogen (secondary N) is 1. The van der Waals surface area contributed by atoms with Gasteiger partial charge in [0.1, 0.15) is 6.61 Å². The molecule has 1 aromatic carbocycles. The predicted molar refractivity (Wildman–Crippen MR) is 75.5 cm³/mol. The van der Waals surface area contributed by atoms with Crippen molar-refractivity contribution in [3.05, 3.63) is 35.9 Å². The standard InChI is InChI=1S/C16H19NO4/c18-15(19)12-6-11-7-13(11)14(8-12)17-16(20)21-9-10-4-2-1-3-5-10/h1-5,11-14H,6-9H2,(H,17,20)(H,18,19)/t11?,12-,13?,14+/m1/s1. The zero-order valence-corrected chi connectivity index (χ0v) is 11.7. The van der Waals surface area contributed by atoms with Gasteiger partial charge in [-0.2, -0.15) is 0 Å². The maximum absolute atomic E-state index is 11.8. The lowest BCUT2D eigenvalue weighted by atomic mass is 9.86. The topological polar surface area (TPSA) is 75.6 Å². The first-order chi connectivity index (χ1) is 10.1. The van der Waals surface area contributed by atoms with E-state index in [1.807, 2.05) is 30.3 Å². The van der Waals surface area contributed by atoms with Crippen LogP contribution in [0, 0.1) is 17.8 Å². The first kappa shape index (κ1) is 13.9. The lowest BCUT2D eigenvalue weighted by molar-refractivity contribution is -0.143. The van der Waals surface area contributed by atoms with Crippen LogP contribution in [0.1, 0.15) is 24.8 Å². The Balaban J connectivity index is 1.49. The van der Waals surface area contributed by atoms with Crippen LogP contribution in [0.4, 0.5) is 4.79 Å². The number of carboxylic acids is 1. The Morgan fingerprint density at radius 2 is 1.95 bits per heavy atom. The second kappa shape index (κ2) is 5.76. The minimum atomic E-state index is -0.759. The summed E-state index contributed by atoms with van der Waals surface area (Å²) in [6.07, 6.45) is 1.82. The molecule has 2 N–H and O–H groups in total. The molecule has 2 aliphatic rings. The maximum Gasteiger partial charge on any atom is 0.407 e. The minimum absolute atomic E-state index is 0.0619. The second-order valence-electron chi connectivity index (χ2n) is 5.98. The molecule has 1 aromatic rings. The second-order valence-corrected chi connectivity index (χ2v) is 5.98. The van der Waals surface area contributed by atoms with Crippen LogP contribution >= 0.6 is 0 Å². The molecule has 2 saturated carbocycles. The summed E-state index contributed by atoms with van der Waals surface area (Å²) < 4.78 is 5.20. The molecule has 4 atom stereocenters. The van der Waals surface area contributed by atoms with E-state index in [1.54, 1.807) is 0 Å². The van der Waals surface area contributed by atoms with Gasteiger partial charge in [0.15, 0.2) is 0 Å². The van der Waals surface area contributed by atoms with Crippen molar-refractivity contribution in [1.82, 2.24) is 5.32 Å². The van der Waals surface area contributed by atoms with Gasteiger partial charge < -0.3 is 15.2 Å². The fraction of sp³-hybridized carbons (Fsp3) is 0.500. The summed E-state index contributed by atoms with van der Waals surface area (Å²) in [5.41, 5.74) is 0.934. The molecule has 0 saturated heterocycles. The number of amides is 1. The summed E-state index contributed by atoms with van der Waals surface area (Å²) in [7, 11) is 0. The van der Waals surface area contributed by atoms with Crippen LogP contribution in [0.5, 0.6) is 0 Å². The summed E-state index contributed by atoms with van der Waals surface area (Å²) in [6.45, 7) is 0.232. The molecule has 5 heteroatoms. The normalized spacial score (nSPS) is 30.1. The monoisotopic (exact) mass is 289 g/mol. The van der Waals surface area contributed by atoms with Crippen LogP contribution in [0.2, 0.25) is 0 Å². The highest BCUT2D eigenvalue weighted by Crippen LogP contribution is 2.51. The number of carbonyl (C=O) groups excluding carboxylic acids is 1. The molecular weight excluding hydrogens is 270 g/mol. The SMILES string of the molecule is O=C(N[C@H]1C[C@H](C(=O)O)CC2CC21)OCc1ccccc1. The molecule has 2 unspecified atom stereocenters. The van der Waals surface area contributed by atoms with E-state index in [2.05, 4.69) is 5.32 Å². The molecule has 112 valence electrons. The quantitative estimate of drug-likeness (QED) is 0.892. The predicted octanol–water partition coefficient (Wildman–Crippen LogP) is 2.41. The summed E-state index contributed by atoms with van der Waals surface area (Å²) in [4.78, 5) is 23.0. The number of benzene rings is 1. The van der Waals surface area contributed by atoms with Crippen LogP contribution in [0.25, 0.3) is 0 Å². The van der Waals surface area contributed by atoms with Crippen molar-refractivity contribution in [2.24, 2.45) is 17.8 Å². The van der Waals surface area contributed by atoms with E-state index in [0.717, 1.165) is 18.4 Å². The molecule has 2 aliphatic carbocycles. The molecule has 3 rings (SSSR count). The smallest absolute Gasteiger partial charge is 0.407 e. The van der Waals surface area contributed by atoms with Crippen LogP contribution in [-0.2, 0) is 16.1 Å². The number of fused-ring (bicyclic) bond motifs is 1. The number of rotatable bonds is 4. The Morgan fingerprint density at radius 1 is 1.19 bits per heavy atom. The largest absolute Gasteiger partial charge is 0.481 e. The van der Waals surface area contributed by atoms with Crippen molar-refractivity contribution in [3.8, 4) is 0 Å². The lowest BCUT2D eigenvalue weighted by Crippen LogP contribution is -2.42. The molecule has 0 heterocycles. The number of hydrogen-bond acceptors (Lipinski definition) is 3. The Hall–Kier alpha value is -2.04. The van der Waals surface area contributed by atoms with Gasteiger partial charge in [0.25, 0.3) is 0 Å². The summed E-state index contributed by atoms with van der Waals surface area (Å²) in [6, 6.07) is 9.42. The number of carboxylic acid groups (broad SMARTS) is 1. The molecule has 1 amide bonds. The highest BCUT2D eigenvalue weighted by atomic mass is 16.5.